The average Bonchev–Trinajstić information content (AvgIpc) is 2.75. The van der Waals surface area contributed by atoms with Gasteiger partial charge in [0.05, 0.1) is 5.52 Å². The first-order chi connectivity index (χ1) is 9.81. The van der Waals surface area contributed by atoms with Crippen LogP contribution in [0.15, 0.2) is 23.2 Å². The summed E-state index contributed by atoms with van der Waals surface area (Å²) in [5, 5.41) is 0.864. The van der Waals surface area contributed by atoms with Gasteiger partial charge >= 0.3 is 0 Å². The molecule has 5 heteroatoms. The van der Waals surface area contributed by atoms with E-state index in [9.17, 15) is 9.59 Å². The van der Waals surface area contributed by atoms with E-state index in [1.807, 2.05) is 52.8 Å². The topological polar surface area (TPSA) is 51.4 Å². The SMILES string of the molecule is Cc1ccc2c(c1)c(=NC(=O)C(C)C)sn2C(=O)C(C)C. The fourth-order valence-electron chi connectivity index (χ4n) is 1.89. The molecule has 0 fully saturated rings. The number of benzene rings is 1. The predicted molar refractivity (Wildman–Crippen MR) is 85.4 cm³/mol. The van der Waals surface area contributed by atoms with E-state index in [4.69, 9.17) is 0 Å². The maximum atomic E-state index is 12.3. The van der Waals surface area contributed by atoms with Crippen LogP contribution in [0.4, 0.5) is 0 Å². The van der Waals surface area contributed by atoms with Gasteiger partial charge in [0.15, 0.2) is 0 Å². The van der Waals surface area contributed by atoms with Crippen molar-refractivity contribution >= 4 is 34.2 Å². The van der Waals surface area contributed by atoms with Crippen molar-refractivity contribution in [1.29, 1.82) is 0 Å². The highest BCUT2D eigenvalue weighted by Gasteiger charge is 2.16. The van der Waals surface area contributed by atoms with E-state index in [0.717, 1.165) is 16.5 Å². The zero-order chi connectivity index (χ0) is 15.7. The Balaban J connectivity index is 2.75. The normalized spacial score (nSPS) is 12.6. The Morgan fingerprint density at radius 3 is 2.38 bits per heavy atom. The Kier molecular flexibility index (Phi) is 4.42. The molecule has 2 aromatic rings. The minimum atomic E-state index is -0.163. The highest BCUT2D eigenvalue weighted by atomic mass is 32.1. The van der Waals surface area contributed by atoms with Gasteiger partial charge in [0.25, 0.3) is 0 Å². The van der Waals surface area contributed by atoms with Crippen molar-refractivity contribution in [2.24, 2.45) is 16.8 Å². The highest BCUT2D eigenvalue weighted by Crippen LogP contribution is 2.18. The molecule has 1 amide bonds. The van der Waals surface area contributed by atoms with Crippen LogP contribution < -0.4 is 4.67 Å². The van der Waals surface area contributed by atoms with Crippen molar-refractivity contribution in [2.45, 2.75) is 34.6 Å². The van der Waals surface area contributed by atoms with Crippen LogP contribution in [0.3, 0.4) is 0 Å². The van der Waals surface area contributed by atoms with E-state index >= 15 is 0 Å². The number of carbonyl (C=O) groups excluding carboxylic acids is 2. The number of aryl methyl sites for hydroxylation is 1. The van der Waals surface area contributed by atoms with Crippen LogP contribution in [0.2, 0.25) is 0 Å². The molecule has 1 aromatic heterocycles. The van der Waals surface area contributed by atoms with Gasteiger partial charge in [0.1, 0.15) is 4.67 Å². The largest absolute Gasteiger partial charge is 0.273 e. The standard InChI is InChI=1S/C16H20N2O2S/c1-9(2)14(19)17-15-12-8-11(5)6-7-13(12)18(21-15)16(20)10(3)4/h6-10H,1-5H3. The highest BCUT2D eigenvalue weighted by molar-refractivity contribution is 7.06. The van der Waals surface area contributed by atoms with Crippen molar-refractivity contribution < 1.29 is 9.59 Å². The summed E-state index contributed by atoms with van der Waals surface area (Å²) in [5.41, 5.74) is 1.90. The van der Waals surface area contributed by atoms with Crippen molar-refractivity contribution in [3.8, 4) is 0 Å². The molecule has 0 N–H and O–H groups in total. The minimum Gasteiger partial charge on any atom is -0.273 e. The summed E-state index contributed by atoms with van der Waals surface area (Å²) in [6, 6.07) is 5.86. The third kappa shape index (κ3) is 3.13. The second-order valence-corrected chi connectivity index (χ2v) is 6.74. The number of hydrogen-bond acceptors (Lipinski definition) is 3. The third-order valence-electron chi connectivity index (χ3n) is 3.18. The summed E-state index contributed by atoms with van der Waals surface area (Å²) in [7, 11) is 0. The van der Waals surface area contributed by atoms with Crippen molar-refractivity contribution in [3.63, 3.8) is 0 Å². The third-order valence-corrected chi connectivity index (χ3v) is 4.22. The molecule has 0 radical (unpaired) electrons. The maximum Gasteiger partial charge on any atom is 0.249 e. The van der Waals surface area contributed by atoms with Crippen LogP contribution in [0.25, 0.3) is 10.9 Å². The smallest absolute Gasteiger partial charge is 0.249 e. The van der Waals surface area contributed by atoms with E-state index < -0.39 is 0 Å². The number of rotatable bonds is 2. The monoisotopic (exact) mass is 304 g/mol. The first kappa shape index (κ1) is 15.6. The molecule has 0 aliphatic heterocycles. The maximum absolute atomic E-state index is 12.3. The van der Waals surface area contributed by atoms with Crippen LogP contribution in [-0.2, 0) is 4.79 Å². The Labute approximate surface area is 128 Å². The second-order valence-electron chi connectivity index (χ2n) is 5.81. The molecular formula is C16H20N2O2S. The zero-order valence-electron chi connectivity index (χ0n) is 13.0. The van der Waals surface area contributed by atoms with E-state index in [1.54, 1.807) is 3.96 Å². The van der Waals surface area contributed by atoms with Gasteiger partial charge < -0.3 is 0 Å². The molecular weight excluding hydrogens is 284 g/mol. The van der Waals surface area contributed by atoms with Gasteiger partial charge in [-0.2, -0.15) is 0 Å². The Hall–Kier alpha value is -1.75. The lowest BCUT2D eigenvalue weighted by molar-refractivity contribution is -0.120. The van der Waals surface area contributed by atoms with Gasteiger partial charge in [-0.25, -0.2) is 8.95 Å². The summed E-state index contributed by atoms with van der Waals surface area (Å²) in [4.78, 5) is 28.4. The van der Waals surface area contributed by atoms with Crippen molar-refractivity contribution in [2.75, 3.05) is 0 Å². The molecule has 0 bridgehead atoms. The summed E-state index contributed by atoms with van der Waals surface area (Å²) in [6.07, 6.45) is 0. The summed E-state index contributed by atoms with van der Waals surface area (Å²) >= 11 is 1.24. The first-order valence-corrected chi connectivity index (χ1v) is 7.84. The Morgan fingerprint density at radius 2 is 1.81 bits per heavy atom. The quantitative estimate of drug-likeness (QED) is 0.854. The Bertz CT molecular complexity index is 766. The lowest BCUT2D eigenvalue weighted by atomic mass is 10.1. The molecule has 0 unspecified atom stereocenters. The molecule has 2 rings (SSSR count). The van der Waals surface area contributed by atoms with E-state index in [0.29, 0.717) is 4.67 Å². The average molecular weight is 304 g/mol. The molecule has 0 aliphatic carbocycles. The molecule has 0 aliphatic rings. The molecule has 1 aromatic carbocycles. The lowest BCUT2D eigenvalue weighted by Crippen LogP contribution is -2.14. The zero-order valence-corrected chi connectivity index (χ0v) is 13.8. The number of amides is 1. The van der Waals surface area contributed by atoms with Crippen LogP contribution in [0, 0.1) is 18.8 Å². The van der Waals surface area contributed by atoms with Crippen LogP contribution in [0.5, 0.6) is 0 Å². The number of aromatic nitrogens is 1. The number of nitrogens with zero attached hydrogens (tertiary/aromatic N) is 2. The first-order valence-electron chi connectivity index (χ1n) is 7.06. The summed E-state index contributed by atoms with van der Waals surface area (Å²) < 4.78 is 2.26. The van der Waals surface area contributed by atoms with Gasteiger partial charge in [0, 0.05) is 17.2 Å². The van der Waals surface area contributed by atoms with Crippen molar-refractivity contribution in [3.05, 3.63) is 28.4 Å². The second kappa shape index (κ2) is 5.93. The fraction of sp³-hybridized carbons (Fsp3) is 0.438. The molecule has 0 saturated heterocycles. The molecule has 4 nitrogen and oxygen atoms in total. The Morgan fingerprint density at radius 1 is 1.14 bits per heavy atom. The number of hydrogen-bond donors (Lipinski definition) is 0. The van der Waals surface area contributed by atoms with Crippen LogP contribution in [0.1, 0.15) is 38.1 Å². The van der Waals surface area contributed by atoms with Gasteiger partial charge in [-0.05, 0) is 30.6 Å². The number of carbonyl (C=O) groups is 2. The summed E-state index contributed by atoms with van der Waals surface area (Å²) in [5.74, 6) is -0.399. The van der Waals surface area contributed by atoms with E-state index in [1.165, 1.54) is 11.5 Å². The van der Waals surface area contributed by atoms with E-state index in [-0.39, 0.29) is 23.7 Å². The van der Waals surface area contributed by atoms with Gasteiger partial charge in [-0.1, -0.05) is 39.3 Å². The molecule has 21 heavy (non-hydrogen) atoms. The van der Waals surface area contributed by atoms with Crippen molar-refractivity contribution in [1.82, 2.24) is 3.96 Å². The molecule has 112 valence electrons. The fourth-order valence-corrected chi connectivity index (χ4v) is 3.02. The van der Waals surface area contributed by atoms with E-state index in [2.05, 4.69) is 4.99 Å². The lowest BCUT2D eigenvalue weighted by Gasteiger charge is -2.05. The number of fused-ring (bicyclic) bond motifs is 1. The van der Waals surface area contributed by atoms with Gasteiger partial charge in [-0.3, -0.25) is 9.59 Å². The van der Waals surface area contributed by atoms with Crippen LogP contribution >= 0.6 is 11.5 Å². The molecule has 0 saturated carbocycles. The molecule has 0 atom stereocenters. The predicted octanol–water partition coefficient (Wildman–Crippen LogP) is 3.39. The minimum absolute atomic E-state index is 0.0206. The van der Waals surface area contributed by atoms with Gasteiger partial charge in [0.2, 0.25) is 11.8 Å². The molecule has 0 spiro atoms. The molecule has 1 heterocycles. The summed E-state index contributed by atoms with van der Waals surface area (Å²) in [6.45, 7) is 9.36. The van der Waals surface area contributed by atoms with Crippen LogP contribution in [-0.4, -0.2) is 15.8 Å². The van der Waals surface area contributed by atoms with Gasteiger partial charge in [-0.15, -0.1) is 0 Å².